The lowest BCUT2D eigenvalue weighted by molar-refractivity contribution is 1.19. The number of aromatic nitrogens is 2. The van der Waals surface area contributed by atoms with Crippen molar-refractivity contribution in [2.45, 2.75) is 13.8 Å². The lowest BCUT2D eigenvalue weighted by atomic mass is 10.1. The normalized spacial score (nSPS) is 10.6. The van der Waals surface area contributed by atoms with E-state index in [0.717, 1.165) is 16.7 Å². The highest BCUT2D eigenvalue weighted by molar-refractivity contribution is 5.81. The number of rotatable bonds is 0. The summed E-state index contributed by atoms with van der Waals surface area (Å²) in [6.45, 7) is 4.00. The van der Waals surface area contributed by atoms with Gasteiger partial charge in [0, 0.05) is 11.1 Å². The van der Waals surface area contributed by atoms with Crippen LogP contribution in [0.5, 0.6) is 0 Å². The van der Waals surface area contributed by atoms with Crippen molar-refractivity contribution in [3.8, 4) is 0 Å². The van der Waals surface area contributed by atoms with Crippen LogP contribution in [0.2, 0.25) is 0 Å². The van der Waals surface area contributed by atoms with Crippen LogP contribution in [0.25, 0.3) is 11.0 Å². The fourth-order valence-electron chi connectivity index (χ4n) is 1.44. The Labute approximate surface area is 76.6 Å². The number of fused-ring (bicyclic) bond motifs is 1. The Morgan fingerprint density at radius 3 is 2.77 bits per heavy atom. The molecular weight excluding hydrogens is 162 g/mol. The van der Waals surface area contributed by atoms with Crippen molar-refractivity contribution in [2.75, 3.05) is 5.73 Å². The summed E-state index contributed by atoms with van der Waals surface area (Å²) in [7, 11) is 0. The van der Waals surface area contributed by atoms with Gasteiger partial charge in [-0.05, 0) is 31.5 Å². The molecule has 0 amide bonds. The standard InChI is InChI=1S/C10H11N3/c1-6-3-7(2)13-10-9(6)4-8(11)5-12-10/h3-5H,11H2,1-2H3. The molecule has 0 spiro atoms. The second kappa shape index (κ2) is 2.69. The lowest BCUT2D eigenvalue weighted by Gasteiger charge is -2.02. The molecule has 2 N–H and O–H groups in total. The van der Waals surface area contributed by atoms with E-state index >= 15 is 0 Å². The van der Waals surface area contributed by atoms with Crippen molar-refractivity contribution in [1.29, 1.82) is 0 Å². The number of nitrogens with two attached hydrogens (primary N) is 1. The second-order valence-corrected chi connectivity index (χ2v) is 3.22. The average Bonchev–Trinajstić information content (AvgIpc) is 2.06. The molecule has 2 heterocycles. The van der Waals surface area contributed by atoms with Gasteiger partial charge in [0.1, 0.15) is 0 Å². The maximum Gasteiger partial charge on any atom is 0.159 e. The van der Waals surface area contributed by atoms with Crippen LogP contribution in [0.1, 0.15) is 11.3 Å². The van der Waals surface area contributed by atoms with Gasteiger partial charge in [-0.1, -0.05) is 0 Å². The number of nitrogen functional groups attached to an aromatic ring is 1. The number of pyridine rings is 2. The third kappa shape index (κ3) is 1.33. The average molecular weight is 173 g/mol. The van der Waals surface area contributed by atoms with E-state index in [9.17, 15) is 0 Å². The molecule has 0 aliphatic heterocycles. The number of hydrogen-bond acceptors (Lipinski definition) is 3. The van der Waals surface area contributed by atoms with Gasteiger partial charge in [-0.2, -0.15) is 0 Å². The first-order valence-electron chi connectivity index (χ1n) is 4.16. The quantitative estimate of drug-likeness (QED) is 0.661. The minimum absolute atomic E-state index is 0.682. The molecule has 0 bridgehead atoms. The number of aryl methyl sites for hydroxylation is 2. The molecule has 3 nitrogen and oxygen atoms in total. The van der Waals surface area contributed by atoms with E-state index in [1.165, 1.54) is 5.56 Å². The summed E-state index contributed by atoms with van der Waals surface area (Å²) in [4.78, 5) is 8.48. The molecule has 2 rings (SSSR count). The Balaban J connectivity index is 2.87. The van der Waals surface area contributed by atoms with Crippen molar-refractivity contribution in [3.05, 3.63) is 29.6 Å². The Morgan fingerprint density at radius 1 is 1.23 bits per heavy atom. The third-order valence-corrected chi connectivity index (χ3v) is 2.02. The van der Waals surface area contributed by atoms with Gasteiger partial charge in [0.2, 0.25) is 0 Å². The molecule has 0 atom stereocenters. The van der Waals surface area contributed by atoms with E-state index < -0.39 is 0 Å². The van der Waals surface area contributed by atoms with Crippen LogP contribution in [-0.2, 0) is 0 Å². The van der Waals surface area contributed by atoms with Crippen molar-refractivity contribution >= 4 is 16.7 Å². The fraction of sp³-hybridized carbons (Fsp3) is 0.200. The summed E-state index contributed by atoms with van der Waals surface area (Å²) in [5.74, 6) is 0. The van der Waals surface area contributed by atoms with Crippen LogP contribution in [0, 0.1) is 13.8 Å². The maximum atomic E-state index is 5.64. The number of hydrogen-bond donors (Lipinski definition) is 1. The van der Waals surface area contributed by atoms with Gasteiger partial charge < -0.3 is 5.73 Å². The van der Waals surface area contributed by atoms with E-state index in [0.29, 0.717) is 5.69 Å². The zero-order valence-corrected chi connectivity index (χ0v) is 7.70. The fourth-order valence-corrected chi connectivity index (χ4v) is 1.44. The third-order valence-electron chi connectivity index (χ3n) is 2.02. The van der Waals surface area contributed by atoms with Crippen LogP contribution in [0.3, 0.4) is 0 Å². The van der Waals surface area contributed by atoms with Crippen LogP contribution in [0.4, 0.5) is 5.69 Å². The topological polar surface area (TPSA) is 51.8 Å². The molecule has 0 fully saturated rings. The minimum atomic E-state index is 0.682. The first-order chi connectivity index (χ1) is 6.16. The smallest absolute Gasteiger partial charge is 0.159 e. The number of nitrogens with zero attached hydrogens (tertiary/aromatic N) is 2. The van der Waals surface area contributed by atoms with Gasteiger partial charge in [0.15, 0.2) is 5.65 Å². The Hall–Kier alpha value is -1.64. The van der Waals surface area contributed by atoms with Crippen molar-refractivity contribution in [3.63, 3.8) is 0 Å². The van der Waals surface area contributed by atoms with Crippen LogP contribution >= 0.6 is 0 Å². The Morgan fingerprint density at radius 2 is 2.00 bits per heavy atom. The first kappa shape index (κ1) is 7.98. The van der Waals surface area contributed by atoms with E-state index in [1.807, 2.05) is 26.0 Å². The molecule has 66 valence electrons. The van der Waals surface area contributed by atoms with E-state index in [4.69, 9.17) is 5.73 Å². The van der Waals surface area contributed by atoms with Crippen LogP contribution in [-0.4, -0.2) is 9.97 Å². The zero-order chi connectivity index (χ0) is 9.42. The molecule has 0 unspecified atom stereocenters. The van der Waals surface area contributed by atoms with Gasteiger partial charge in [-0.15, -0.1) is 0 Å². The summed E-state index contributed by atoms with van der Waals surface area (Å²) in [5, 5.41) is 1.03. The van der Waals surface area contributed by atoms with Crippen molar-refractivity contribution in [1.82, 2.24) is 9.97 Å². The van der Waals surface area contributed by atoms with E-state index in [1.54, 1.807) is 6.20 Å². The second-order valence-electron chi connectivity index (χ2n) is 3.22. The monoisotopic (exact) mass is 173 g/mol. The van der Waals surface area contributed by atoms with Crippen molar-refractivity contribution < 1.29 is 0 Å². The largest absolute Gasteiger partial charge is 0.397 e. The highest BCUT2D eigenvalue weighted by Gasteiger charge is 2.01. The predicted octanol–water partition coefficient (Wildman–Crippen LogP) is 1.83. The highest BCUT2D eigenvalue weighted by Crippen LogP contribution is 2.17. The van der Waals surface area contributed by atoms with Crippen LogP contribution in [0.15, 0.2) is 18.3 Å². The molecule has 13 heavy (non-hydrogen) atoms. The Kier molecular flexibility index (Phi) is 1.65. The Bertz CT molecular complexity index is 463. The molecule has 0 radical (unpaired) electrons. The predicted molar refractivity (Wildman–Crippen MR) is 53.4 cm³/mol. The van der Waals surface area contributed by atoms with Gasteiger partial charge in [-0.25, -0.2) is 9.97 Å². The molecule has 0 aromatic carbocycles. The van der Waals surface area contributed by atoms with E-state index in [-0.39, 0.29) is 0 Å². The number of anilines is 1. The SMILES string of the molecule is Cc1cc(C)c2cc(N)cnc2n1. The summed E-state index contributed by atoms with van der Waals surface area (Å²) in [6.07, 6.45) is 1.63. The summed E-state index contributed by atoms with van der Waals surface area (Å²) in [6, 6.07) is 3.94. The highest BCUT2D eigenvalue weighted by atomic mass is 14.8. The van der Waals surface area contributed by atoms with Crippen molar-refractivity contribution in [2.24, 2.45) is 0 Å². The van der Waals surface area contributed by atoms with Gasteiger partial charge in [0.25, 0.3) is 0 Å². The molecule has 0 aliphatic rings. The van der Waals surface area contributed by atoms with E-state index in [2.05, 4.69) is 9.97 Å². The molecule has 0 saturated carbocycles. The summed E-state index contributed by atoms with van der Waals surface area (Å²) < 4.78 is 0. The summed E-state index contributed by atoms with van der Waals surface area (Å²) in [5.41, 5.74) is 9.25. The lowest BCUT2D eigenvalue weighted by Crippen LogP contribution is -1.93. The zero-order valence-electron chi connectivity index (χ0n) is 7.70. The summed E-state index contributed by atoms with van der Waals surface area (Å²) >= 11 is 0. The maximum absolute atomic E-state index is 5.64. The molecule has 2 aromatic rings. The molecule has 2 aromatic heterocycles. The molecule has 0 aliphatic carbocycles. The van der Waals surface area contributed by atoms with Gasteiger partial charge in [0.05, 0.1) is 11.9 Å². The molecular formula is C10H11N3. The molecule has 0 saturated heterocycles. The first-order valence-corrected chi connectivity index (χ1v) is 4.16. The van der Waals surface area contributed by atoms with Gasteiger partial charge in [-0.3, -0.25) is 0 Å². The van der Waals surface area contributed by atoms with Gasteiger partial charge >= 0.3 is 0 Å². The minimum Gasteiger partial charge on any atom is -0.397 e. The molecule has 3 heteroatoms. The van der Waals surface area contributed by atoms with Crippen LogP contribution < -0.4 is 5.73 Å².